The summed E-state index contributed by atoms with van der Waals surface area (Å²) in [5.74, 6) is -0.0656. The first-order valence-electron chi connectivity index (χ1n) is 12.4. The molecule has 0 saturated carbocycles. The number of rotatable bonds is 10. The number of nitrogens with zero attached hydrogens (tertiary/aromatic N) is 4. The molecule has 9 nitrogen and oxygen atoms in total. The van der Waals surface area contributed by atoms with Gasteiger partial charge in [0.1, 0.15) is 35.2 Å². The van der Waals surface area contributed by atoms with Crippen molar-refractivity contribution in [2.75, 3.05) is 26.4 Å². The van der Waals surface area contributed by atoms with Gasteiger partial charge in [0.25, 0.3) is 0 Å². The number of nitrogens with one attached hydrogen (secondary N) is 1. The van der Waals surface area contributed by atoms with Gasteiger partial charge in [-0.05, 0) is 58.2 Å². The molecular formula is C27H32FN5O4S. The summed E-state index contributed by atoms with van der Waals surface area (Å²) in [6.45, 7) is 10.6. The van der Waals surface area contributed by atoms with Crippen molar-refractivity contribution in [2.45, 2.75) is 46.3 Å². The quantitative estimate of drug-likeness (QED) is 0.251. The van der Waals surface area contributed by atoms with Crippen molar-refractivity contribution < 1.29 is 23.4 Å². The summed E-state index contributed by atoms with van der Waals surface area (Å²) in [6.07, 6.45) is 3.25. The van der Waals surface area contributed by atoms with Crippen LogP contribution in [0.2, 0.25) is 0 Å². The minimum absolute atomic E-state index is 0.191. The third kappa shape index (κ3) is 6.84. The number of ether oxygens (including phenoxy) is 3. The van der Waals surface area contributed by atoms with E-state index >= 15 is 0 Å². The number of fused-ring (bicyclic) bond motifs is 1. The lowest BCUT2D eigenvalue weighted by molar-refractivity contribution is 0.0489. The molecule has 0 fully saturated rings. The number of thiophene rings is 1. The number of hydrogen-bond acceptors (Lipinski definition) is 8. The predicted molar refractivity (Wildman–Crippen MR) is 145 cm³/mol. The van der Waals surface area contributed by atoms with Crippen LogP contribution in [0.15, 0.2) is 42.0 Å². The number of hydrogen-bond donors (Lipinski definition) is 1. The van der Waals surface area contributed by atoms with Crippen molar-refractivity contribution in [1.82, 2.24) is 25.3 Å². The van der Waals surface area contributed by atoms with Gasteiger partial charge in [0.05, 0.1) is 24.1 Å². The van der Waals surface area contributed by atoms with Crippen LogP contribution in [0.5, 0.6) is 5.75 Å². The number of alkyl carbamates (subject to hydrolysis) is 1. The summed E-state index contributed by atoms with van der Waals surface area (Å²) in [6, 6.07) is 6.60. The second kappa shape index (κ2) is 11.9. The molecule has 1 amide bonds. The van der Waals surface area contributed by atoms with E-state index in [9.17, 15) is 9.18 Å². The van der Waals surface area contributed by atoms with Gasteiger partial charge in [0.2, 0.25) is 0 Å². The van der Waals surface area contributed by atoms with Crippen molar-refractivity contribution in [1.29, 1.82) is 0 Å². The molecule has 0 aliphatic rings. The van der Waals surface area contributed by atoms with Crippen LogP contribution in [0.4, 0.5) is 9.18 Å². The Morgan fingerprint density at radius 1 is 1.13 bits per heavy atom. The van der Waals surface area contributed by atoms with E-state index in [0.717, 1.165) is 21.3 Å². The molecule has 1 N–H and O–H groups in total. The molecule has 202 valence electrons. The summed E-state index contributed by atoms with van der Waals surface area (Å²) >= 11 is 1.54. The maximum Gasteiger partial charge on any atom is 0.407 e. The minimum Gasteiger partial charge on any atom is -0.490 e. The average Bonchev–Trinajstić information content (AvgIpc) is 3.53. The van der Waals surface area contributed by atoms with Gasteiger partial charge in [-0.25, -0.2) is 9.18 Å². The molecule has 11 heteroatoms. The zero-order valence-corrected chi connectivity index (χ0v) is 23.0. The van der Waals surface area contributed by atoms with E-state index in [1.165, 1.54) is 23.5 Å². The third-order valence-electron chi connectivity index (χ3n) is 5.39. The van der Waals surface area contributed by atoms with Crippen molar-refractivity contribution in [2.24, 2.45) is 0 Å². The van der Waals surface area contributed by atoms with E-state index in [4.69, 9.17) is 14.2 Å². The SMILES string of the molecule is CC(C)n1cc(-c2nnc(-c3ccc(F)cc3OCCOCCNC(=O)OC(C)(C)C)c3sccc23)cn1. The number of carbonyl (C=O) groups excluding carboxylic acids is 1. The molecule has 0 unspecified atom stereocenters. The van der Waals surface area contributed by atoms with E-state index in [2.05, 4.69) is 34.5 Å². The summed E-state index contributed by atoms with van der Waals surface area (Å²) in [4.78, 5) is 11.7. The first-order valence-corrected chi connectivity index (χ1v) is 13.3. The Morgan fingerprint density at radius 2 is 1.92 bits per heavy atom. The molecule has 38 heavy (non-hydrogen) atoms. The van der Waals surface area contributed by atoms with E-state index in [0.29, 0.717) is 23.6 Å². The second-order valence-corrected chi connectivity index (χ2v) is 10.8. The Morgan fingerprint density at radius 3 is 2.66 bits per heavy atom. The predicted octanol–water partition coefficient (Wildman–Crippen LogP) is 5.86. The highest BCUT2D eigenvalue weighted by Crippen LogP contribution is 2.39. The first kappa shape index (κ1) is 27.5. The van der Waals surface area contributed by atoms with Crippen LogP contribution in [-0.2, 0) is 9.47 Å². The monoisotopic (exact) mass is 541 g/mol. The molecule has 0 aliphatic heterocycles. The van der Waals surface area contributed by atoms with Crippen LogP contribution in [0.25, 0.3) is 32.6 Å². The highest BCUT2D eigenvalue weighted by Gasteiger charge is 2.19. The largest absolute Gasteiger partial charge is 0.490 e. The Hall–Kier alpha value is -3.57. The summed E-state index contributed by atoms with van der Waals surface area (Å²) in [5.41, 5.74) is 2.33. The lowest BCUT2D eigenvalue weighted by atomic mass is 10.1. The highest BCUT2D eigenvalue weighted by atomic mass is 32.1. The molecule has 1 aromatic carbocycles. The molecule has 4 aromatic rings. The topological polar surface area (TPSA) is 100 Å². The molecule has 3 aromatic heterocycles. The number of carbonyl (C=O) groups is 1. The molecule has 0 spiro atoms. The van der Waals surface area contributed by atoms with Gasteiger partial charge in [0, 0.05) is 41.4 Å². The maximum atomic E-state index is 14.1. The third-order valence-corrected chi connectivity index (χ3v) is 6.31. The lowest BCUT2D eigenvalue weighted by Crippen LogP contribution is -2.34. The number of benzene rings is 1. The summed E-state index contributed by atoms with van der Waals surface area (Å²) in [7, 11) is 0. The normalized spacial score (nSPS) is 11.8. The minimum atomic E-state index is -0.558. The standard InChI is InChI=1S/C27H32FN5O4S/c1-17(2)33-16-18(15-30-33)23-21-8-13-38-25(21)24(32-31-23)20-7-6-19(28)14-22(20)36-12-11-35-10-9-29-26(34)37-27(3,4)5/h6-8,13-17H,9-12H2,1-5H3,(H,29,34). The zero-order valence-electron chi connectivity index (χ0n) is 22.2. The van der Waals surface area contributed by atoms with Crippen molar-refractivity contribution >= 4 is 27.5 Å². The molecular weight excluding hydrogens is 509 g/mol. The van der Waals surface area contributed by atoms with E-state index in [1.807, 2.05) is 22.3 Å². The Bertz CT molecular complexity index is 1400. The number of aromatic nitrogens is 4. The summed E-state index contributed by atoms with van der Waals surface area (Å²) < 4.78 is 33.5. The Kier molecular flexibility index (Phi) is 8.58. The fourth-order valence-electron chi connectivity index (χ4n) is 3.67. The van der Waals surface area contributed by atoms with Gasteiger partial charge >= 0.3 is 6.09 Å². The van der Waals surface area contributed by atoms with Gasteiger partial charge < -0.3 is 19.5 Å². The molecule has 0 radical (unpaired) electrons. The van der Waals surface area contributed by atoms with Crippen LogP contribution >= 0.6 is 11.3 Å². The van der Waals surface area contributed by atoms with Crippen LogP contribution in [0, 0.1) is 5.82 Å². The van der Waals surface area contributed by atoms with E-state index in [-0.39, 0.29) is 25.9 Å². The van der Waals surface area contributed by atoms with Gasteiger partial charge in [-0.15, -0.1) is 21.5 Å². The zero-order chi connectivity index (χ0) is 27.3. The van der Waals surface area contributed by atoms with Crippen LogP contribution in [-0.4, -0.2) is 58.0 Å². The number of halogens is 1. The maximum absolute atomic E-state index is 14.1. The van der Waals surface area contributed by atoms with Crippen molar-refractivity contribution in [3.63, 3.8) is 0 Å². The van der Waals surface area contributed by atoms with Crippen LogP contribution < -0.4 is 10.1 Å². The molecule has 0 atom stereocenters. The lowest BCUT2D eigenvalue weighted by Gasteiger charge is -2.19. The first-order chi connectivity index (χ1) is 18.1. The van der Waals surface area contributed by atoms with Gasteiger partial charge in [-0.2, -0.15) is 5.10 Å². The van der Waals surface area contributed by atoms with Crippen LogP contribution in [0.3, 0.4) is 0 Å². The van der Waals surface area contributed by atoms with E-state index in [1.54, 1.807) is 33.0 Å². The summed E-state index contributed by atoms with van der Waals surface area (Å²) in [5, 5.41) is 19.0. The molecule has 0 aliphatic carbocycles. The number of amides is 1. The van der Waals surface area contributed by atoms with Gasteiger partial charge in [0.15, 0.2) is 0 Å². The van der Waals surface area contributed by atoms with Crippen LogP contribution in [0.1, 0.15) is 40.7 Å². The van der Waals surface area contributed by atoms with E-state index < -0.39 is 17.5 Å². The van der Waals surface area contributed by atoms with Gasteiger partial charge in [-0.1, -0.05) is 0 Å². The average molecular weight is 542 g/mol. The Labute approximate surface area is 224 Å². The molecule has 4 rings (SSSR count). The molecule has 3 heterocycles. The fraction of sp³-hybridized carbons (Fsp3) is 0.407. The van der Waals surface area contributed by atoms with Gasteiger partial charge in [-0.3, -0.25) is 4.68 Å². The molecule has 0 bridgehead atoms. The van der Waals surface area contributed by atoms with Crippen molar-refractivity contribution in [3.05, 3.63) is 47.9 Å². The highest BCUT2D eigenvalue weighted by molar-refractivity contribution is 7.17. The molecule has 0 saturated heterocycles. The second-order valence-electron chi connectivity index (χ2n) is 9.89. The Balaban J connectivity index is 1.43. The fourth-order valence-corrected chi connectivity index (χ4v) is 4.57. The van der Waals surface area contributed by atoms with Crippen molar-refractivity contribution in [3.8, 4) is 28.3 Å². The smallest absolute Gasteiger partial charge is 0.407 e.